The Hall–Kier alpha value is -3.55. The highest BCUT2D eigenvalue weighted by molar-refractivity contribution is 5.81. The van der Waals surface area contributed by atoms with Gasteiger partial charge in [0.15, 0.2) is 0 Å². The Morgan fingerprint density at radius 2 is 1.87 bits per heavy atom. The smallest absolute Gasteiger partial charge is 0.126 e. The number of ether oxygens (including phenoxy) is 1. The lowest BCUT2D eigenvalue weighted by Gasteiger charge is -2.34. The van der Waals surface area contributed by atoms with E-state index >= 15 is 0 Å². The van der Waals surface area contributed by atoms with Gasteiger partial charge < -0.3 is 15.5 Å². The molecule has 0 bridgehead atoms. The number of nitrogen functional groups attached to an aromatic ring is 1. The van der Waals surface area contributed by atoms with Crippen molar-refractivity contribution in [3.05, 3.63) is 82.0 Å². The molecule has 0 spiro atoms. The molecule has 3 aromatic carbocycles. The van der Waals surface area contributed by atoms with Crippen LogP contribution in [0.15, 0.2) is 48.7 Å². The zero-order valence-corrected chi connectivity index (χ0v) is 24.4. The maximum Gasteiger partial charge on any atom is 0.126 e. The van der Waals surface area contributed by atoms with Gasteiger partial charge in [-0.1, -0.05) is 45.0 Å². The van der Waals surface area contributed by atoms with Crippen LogP contribution in [0.3, 0.4) is 0 Å². The molecule has 1 aromatic heterocycles. The molecule has 0 saturated heterocycles. The summed E-state index contributed by atoms with van der Waals surface area (Å²) in [5.74, 6) is 7.17. The fourth-order valence-corrected chi connectivity index (χ4v) is 6.00. The van der Waals surface area contributed by atoms with Crippen molar-refractivity contribution in [3.8, 4) is 5.75 Å². The van der Waals surface area contributed by atoms with Crippen LogP contribution in [0.2, 0.25) is 0 Å². The van der Waals surface area contributed by atoms with Crippen molar-refractivity contribution in [2.75, 3.05) is 30.9 Å². The van der Waals surface area contributed by atoms with Crippen molar-refractivity contribution in [3.63, 3.8) is 0 Å². The third kappa shape index (κ3) is 5.34. The Morgan fingerprint density at radius 1 is 1.10 bits per heavy atom. The fourth-order valence-electron chi connectivity index (χ4n) is 6.00. The molecule has 4 N–H and O–H groups in total. The van der Waals surface area contributed by atoms with E-state index in [2.05, 4.69) is 87.2 Å². The van der Waals surface area contributed by atoms with Gasteiger partial charge in [-0.2, -0.15) is 5.10 Å². The molecular formula is C32H42N6O. The first-order chi connectivity index (χ1) is 18.4. The van der Waals surface area contributed by atoms with Crippen molar-refractivity contribution >= 4 is 22.3 Å². The molecule has 0 fully saturated rings. The summed E-state index contributed by atoms with van der Waals surface area (Å²) in [5, 5.41) is 7.29. The summed E-state index contributed by atoms with van der Waals surface area (Å²) < 4.78 is 8.02. The number of hydrogen-bond donors (Lipinski definition) is 2. The fraction of sp³-hybridized carbons (Fsp3) is 0.406. The normalized spacial score (nSPS) is 15.1. The van der Waals surface area contributed by atoms with Crippen LogP contribution in [-0.4, -0.2) is 34.9 Å². The van der Waals surface area contributed by atoms with Crippen molar-refractivity contribution in [1.82, 2.24) is 14.7 Å². The number of nitrogens with two attached hydrogens (primary N) is 2. The number of hydrogen-bond acceptors (Lipinski definition) is 6. The summed E-state index contributed by atoms with van der Waals surface area (Å²) in [6.07, 6.45) is 2.07. The molecule has 0 saturated carbocycles. The van der Waals surface area contributed by atoms with Gasteiger partial charge in [0.2, 0.25) is 0 Å². The average Bonchev–Trinajstić information content (AvgIpc) is 3.09. The van der Waals surface area contributed by atoms with Crippen LogP contribution in [0.1, 0.15) is 60.1 Å². The van der Waals surface area contributed by atoms with Crippen molar-refractivity contribution in [1.29, 1.82) is 0 Å². The van der Waals surface area contributed by atoms with Crippen LogP contribution in [0.25, 0.3) is 10.9 Å². The Morgan fingerprint density at radius 3 is 2.59 bits per heavy atom. The third-order valence-electron chi connectivity index (χ3n) is 8.05. The van der Waals surface area contributed by atoms with Crippen LogP contribution < -0.4 is 21.3 Å². The average molecular weight is 527 g/mol. The van der Waals surface area contributed by atoms with E-state index in [9.17, 15) is 0 Å². The first-order valence-corrected chi connectivity index (χ1v) is 13.7. The molecule has 206 valence electrons. The number of aromatic nitrogens is 2. The molecule has 0 aliphatic carbocycles. The van der Waals surface area contributed by atoms with Crippen LogP contribution in [0, 0.1) is 19.3 Å². The van der Waals surface area contributed by atoms with Crippen molar-refractivity contribution < 1.29 is 4.74 Å². The van der Waals surface area contributed by atoms with Gasteiger partial charge >= 0.3 is 0 Å². The minimum absolute atomic E-state index is 0.00959. The topological polar surface area (TPSA) is 85.6 Å². The number of rotatable bonds is 5. The molecule has 7 nitrogen and oxygen atoms in total. The van der Waals surface area contributed by atoms with Gasteiger partial charge in [0.25, 0.3) is 0 Å². The van der Waals surface area contributed by atoms with Gasteiger partial charge in [-0.05, 0) is 59.2 Å². The van der Waals surface area contributed by atoms with Gasteiger partial charge in [0.05, 0.1) is 16.9 Å². The SMILES string of the molecule is Cc1ccc(C(c2ccc(N(C)N)c(N)c2C)C(C)(C)C)cc1CN1CCOc2cc3nn(C)cc3cc2C1. The first-order valence-electron chi connectivity index (χ1n) is 13.7. The minimum Gasteiger partial charge on any atom is -0.492 e. The molecule has 2 heterocycles. The van der Waals surface area contributed by atoms with Crippen LogP contribution in [-0.2, 0) is 20.1 Å². The Balaban J connectivity index is 1.48. The summed E-state index contributed by atoms with van der Waals surface area (Å²) in [6, 6.07) is 15.5. The molecular weight excluding hydrogens is 484 g/mol. The van der Waals surface area contributed by atoms with Gasteiger partial charge in [-0.25, -0.2) is 5.84 Å². The lowest BCUT2D eigenvalue weighted by molar-refractivity contribution is 0.219. The molecule has 0 amide bonds. The van der Waals surface area contributed by atoms with Crippen LogP contribution in [0.4, 0.5) is 11.4 Å². The van der Waals surface area contributed by atoms with Crippen molar-refractivity contribution in [2.24, 2.45) is 18.3 Å². The zero-order valence-electron chi connectivity index (χ0n) is 24.4. The number of hydrazine groups is 1. The second kappa shape index (κ2) is 10.2. The maximum atomic E-state index is 6.57. The summed E-state index contributed by atoms with van der Waals surface area (Å²) in [5.41, 5.74) is 16.6. The maximum absolute atomic E-state index is 6.57. The van der Waals surface area contributed by atoms with Gasteiger partial charge in [0, 0.05) is 62.9 Å². The molecule has 1 aliphatic heterocycles. The zero-order chi connectivity index (χ0) is 28.1. The lowest BCUT2D eigenvalue weighted by Crippen LogP contribution is -2.27. The van der Waals surface area contributed by atoms with E-state index in [1.807, 2.05) is 24.8 Å². The number of aryl methyl sites for hydroxylation is 2. The van der Waals surface area contributed by atoms with E-state index < -0.39 is 0 Å². The highest BCUT2D eigenvalue weighted by Crippen LogP contribution is 2.44. The molecule has 1 aliphatic rings. The second-order valence-electron chi connectivity index (χ2n) is 12.2. The summed E-state index contributed by atoms with van der Waals surface area (Å²) >= 11 is 0. The molecule has 39 heavy (non-hydrogen) atoms. The third-order valence-corrected chi connectivity index (χ3v) is 8.05. The highest BCUT2D eigenvalue weighted by atomic mass is 16.5. The Kier molecular flexibility index (Phi) is 7.08. The highest BCUT2D eigenvalue weighted by Gasteiger charge is 2.31. The van der Waals surface area contributed by atoms with E-state index in [4.69, 9.17) is 16.3 Å². The molecule has 1 unspecified atom stereocenters. The summed E-state index contributed by atoms with van der Waals surface area (Å²) in [6.45, 7) is 14.5. The summed E-state index contributed by atoms with van der Waals surface area (Å²) in [4.78, 5) is 2.49. The van der Waals surface area contributed by atoms with Gasteiger partial charge in [-0.3, -0.25) is 9.58 Å². The quantitative estimate of drug-likeness (QED) is 0.198. The number of benzene rings is 3. The predicted molar refractivity (Wildman–Crippen MR) is 161 cm³/mol. The Labute approximate surface area is 232 Å². The number of nitrogens with zero attached hydrogens (tertiary/aromatic N) is 4. The standard InChI is InChI=1S/C32H42N6O/c1-20-8-9-22(30(32(3,4)5)26-10-11-28(37(7)34)31(33)21(26)2)14-23(20)18-38-12-13-39-29-16-27-24(15-25(29)19-38)17-36(6)35-27/h8-11,14-17,30H,12-13,18-19,33-34H2,1-7H3. The first kappa shape index (κ1) is 27.0. The molecule has 0 radical (unpaired) electrons. The minimum atomic E-state index is -0.00959. The van der Waals surface area contributed by atoms with E-state index in [1.54, 1.807) is 5.01 Å². The largest absolute Gasteiger partial charge is 0.492 e. The lowest BCUT2D eigenvalue weighted by atomic mass is 9.71. The van der Waals surface area contributed by atoms with E-state index in [-0.39, 0.29) is 11.3 Å². The molecule has 7 heteroatoms. The second-order valence-corrected chi connectivity index (χ2v) is 12.2. The predicted octanol–water partition coefficient (Wildman–Crippen LogP) is 5.65. The van der Waals surface area contributed by atoms with Crippen LogP contribution in [0.5, 0.6) is 5.75 Å². The van der Waals surface area contributed by atoms with Gasteiger partial charge in [-0.15, -0.1) is 0 Å². The molecule has 4 aromatic rings. The monoisotopic (exact) mass is 526 g/mol. The van der Waals surface area contributed by atoms with E-state index in [1.165, 1.54) is 27.8 Å². The van der Waals surface area contributed by atoms with E-state index in [0.717, 1.165) is 53.2 Å². The van der Waals surface area contributed by atoms with Gasteiger partial charge in [0.1, 0.15) is 12.4 Å². The summed E-state index contributed by atoms with van der Waals surface area (Å²) in [7, 11) is 3.78. The van der Waals surface area contributed by atoms with E-state index in [0.29, 0.717) is 6.61 Å². The molecule has 1 atom stereocenters. The van der Waals surface area contributed by atoms with Crippen LogP contribution >= 0.6 is 0 Å². The van der Waals surface area contributed by atoms with Crippen molar-refractivity contribution in [2.45, 2.75) is 53.6 Å². The Bertz CT molecular complexity index is 1510. The number of fused-ring (bicyclic) bond motifs is 2. The number of anilines is 2. The molecule has 5 rings (SSSR count).